The molecule has 0 amide bonds. The molecule has 0 aliphatic heterocycles. The second-order valence-electron chi connectivity index (χ2n) is 5.53. The van der Waals surface area contributed by atoms with E-state index < -0.39 is 27.6 Å². The maximum absolute atomic E-state index is 13.2. The second kappa shape index (κ2) is 5.86. The molecule has 0 saturated carbocycles. The summed E-state index contributed by atoms with van der Waals surface area (Å²) in [6, 6.07) is 4.86. The van der Waals surface area contributed by atoms with E-state index in [0.717, 1.165) is 24.6 Å². The third kappa shape index (κ3) is 3.09. The number of carboxylic acid groups (broad SMARTS) is 1. The zero-order chi connectivity index (χ0) is 17.5. The minimum absolute atomic E-state index is 0.138. The molecule has 1 aliphatic carbocycles. The molecule has 0 radical (unpaired) electrons. The Bertz CT molecular complexity index is 921. The summed E-state index contributed by atoms with van der Waals surface area (Å²) >= 11 is 0. The summed E-state index contributed by atoms with van der Waals surface area (Å²) in [4.78, 5) is 11.0. The minimum Gasteiger partial charge on any atom is -0.478 e. The van der Waals surface area contributed by atoms with E-state index in [9.17, 15) is 22.0 Å². The lowest BCUT2D eigenvalue weighted by molar-refractivity contribution is 0.0696. The van der Waals surface area contributed by atoms with Gasteiger partial charge in [-0.3, -0.25) is 4.72 Å². The van der Waals surface area contributed by atoms with Crippen LogP contribution in [0.1, 0.15) is 27.9 Å². The topological polar surface area (TPSA) is 83.5 Å². The molecule has 0 unspecified atom stereocenters. The Labute approximate surface area is 137 Å². The van der Waals surface area contributed by atoms with Gasteiger partial charge in [-0.1, -0.05) is 0 Å². The number of fused-ring (bicyclic) bond motifs is 1. The molecule has 0 heterocycles. The fourth-order valence-corrected chi connectivity index (χ4v) is 4.23. The van der Waals surface area contributed by atoms with Gasteiger partial charge in [-0.15, -0.1) is 0 Å². The molecule has 0 spiro atoms. The highest BCUT2D eigenvalue weighted by molar-refractivity contribution is 7.92. The molecule has 1 aliphatic rings. The number of carbonyl (C=O) groups is 1. The van der Waals surface area contributed by atoms with E-state index in [-0.39, 0.29) is 16.1 Å². The zero-order valence-corrected chi connectivity index (χ0v) is 13.2. The molecule has 2 aromatic rings. The van der Waals surface area contributed by atoms with Crippen LogP contribution in [0, 0.1) is 11.6 Å². The smallest absolute Gasteiger partial charge is 0.335 e. The van der Waals surface area contributed by atoms with Gasteiger partial charge < -0.3 is 5.11 Å². The molecule has 8 heteroatoms. The first-order valence-electron chi connectivity index (χ1n) is 7.14. The molecule has 24 heavy (non-hydrogen) atoms. The van der Waals surface area contributed by atoms with E-state index >= 15 is 0 Å². The molecule has 0 atom stereocenters. The van der Waals surface area contributed by atoms with Crippen molar-refractivity contribution in [3.63, 3.8) is 0 Å². The number of hydrogen-bond donors (Lipinski definition) is 2. The quantitative estimate of drug-likeness (QED) is 0.885. The van der Waals surface area contributed by atoms with Crippen LogP contribution in [0.25, 0.3) is 0 Å². The lowest BCUT2D eigenvalue weighted by Gasteiger charge is -2.13. The lowest BCUT2D eigenvalue weighted by atomic mass is 10.1. The van der Waals surface area contributed by atoms with Crippen molar-refractivity contribution in [1.82, 2.24) is 0 Å². The third-order valence-corrected chi connectivity index (χ3v) is 5.27. The summed E-state index contributed by atoms with van der Waals surface area (Å²) in [6.45, 7) is 0. The first-order chi connectivity index (χ1) is 11.3. The first-order valence-corrected chi connectivity index (χ1v) is 8.62. The van der Waals surface area contributed by atoms with Gasteiger partial charge in [-0.2, -0.15) is 0 Å². The van der Waals surface area contributed by atoms with Gasteiger partial charge in [0, 0.05) is 6.07 Å². The number of aryl methyl sites for hydroxylation is 1. The van der Waals surface area contributed by atoms with E-state index in [1.54, 1.807) is 0 Å². The zero-order valence-electron chi connectivity index (χ0n) is 12.3. The number of carboxylic acids is 1. The van der Waals surface area contributed by atoms with Crippen molar-refractivity contribution in [2.24, 2.45) is 0 Å². The summed E-state index contributed by atoms with van der Waals surface area (Å²) in [5.74, 6) is -3.08. The summed E-state index contributed by atoms with van der Waals surface area (Å²) < 4.78 is 53.8. The minimum atomic E-state index is -4.17. The average molecular weight is 353 g/mol. The number of nitrogens with one attached hydrogen (secondary N) is 1. The van der Waals surface area contributed by atoms with Crippen molar-refractivity contribution >= 4 is 21.7 Å². The van der Waals surface area contributed by atoms with Crippen LogP contribution in [0.5, 0.6) is 0 Å². The van der Waals surface area contributed by atoms with Crippen LogP contribution in [0.15, 0.2) is 35.2 Å². The average Bonchev–Trinajstić information content (AvgIpc) is 2.92. The number of anilines is 1. The van der Waals surface area contributed by atoms with Crippen molar-refractivity contribution in [3.05, 3.63) is 58.7 Å². The van der Waals surface area contributed by atoms with Gasteiger partial charge >= 0.3 is 5.97 Å². The fourth-order valence-electron chi connectivity index (χ4n) is 2.85. The molecule has 0 saturated heterocycles. The molecule has 3 rings (SSSR count). The predicted octanol–water partition coefficient (Wildman–Crippen LogP) is 2.95. The van der Waals surface area contributed by atoms with Crippen molar-refractivity contribution in [1.29, 1.82) is 0 Å². The molecule has 2 N–H and O–H groups in total. The van der Waals surface area contributed by atoms with Crippen LogP contribution in [0.3, 0.4) is 0 Å². The van der Waals surface area contributed by atoms with Crippen LogP contribution in [-0.4, -0.2) is 19.5 Å². The van der Waals surface area contributed by atoms with E-state index in [0.29, 0.717) is 30.0 Å². The Morgan fingerprint density at radius 1 is 1.04 bits per heavy atom. The highest BCUT2D eigenvalue weighted by Crippen LogP contribution is 2.31. The lowest BCUT2D eigenvalue weighted by Crippen LogP contribution is -2.16. The molecule has 0 bridgehead atoms. The predicted molar refractivity (Wildman–Crippen MR) is 82.6 cm³/mol. The number of halogens is 2. The van der Waals surface area contributed by atoms with E-state index in [2.05, 4.69) is 4.72 Å². The number of sulfonamides is 1. The second-order valence-corrected chi connectivity index (χ2v) is 7.19. The highest BCUT2D eigenvalue weighted by atomic mass is 32.2. The number of hydrogen-bond acceptors (Lipinski definition) is 3. The molecular weight excluding hydrogens is 340 g/mol. The molecule has 126 valence electrons. The summed E-state index contributed by atoms with van der Waals surface area (Å²) in [6.07, 6.45) is 1.81. The van der Waals surface area contributed by atoms with Gasteiger partial charge in [-0.25, -0.2) is 22.0 Å². The summed E-state index contributed by atoms with van der Waals surface area (Å²) in [5.41, 5.74) is 0.812. The first kappa shape index (κ1) is 16.4. The normalized spacial score (nSPS) is 13.6. The Balaban J connectivity index is 2.08. The van der Waals surface area contributed by atoms with Crippen molar-refractivity contribution < 1.29 is 27.1 Å². The SMILES string of the molecule is O=C(O)c1cc2c(c(S(=O)(=O)Nc3cc(F)cc(F)c3)c1)CCC2. The van der Waals surface area contributed by atoms with Gasteiger partial charge in [0.15, 0.2) is 0 Å². The molecule has 5 nitrogen and oxygen atoms in total. The molecule has 2 aromatic carbocycles. The van der Waals surface area contributed by atoms with Gasteiger partial charge in [0.05, 0.1) is 16.1 Å². The Kier molecular flexibility index (Phi) is 4.00. The van der Waals surface area contributed by atoms with Gasteiger partial charge in [0.25, 0.3) is 10.0 Å². The van der Waals surface area contributed by atoms with Gasteiger partial charge in [0.1, 0.15) is 11.6 Å². The highest BCUT2D eigenvalue weighted by Gasteiger charge is 2.26. The van der Waals surface area contributed by atoms with E-state index in [1.165, 1.54) is 6.07 Å². The van der Waals surface area contributed by atoms with Gasteiger partial charge in [-0.05, 0) is 54.7 Å². The maximum atomic E-state index is 13.2. The van der Waals surface area contributed by atoms with Crippen LogP contribution < -0.4 is 4.72 Å². The molecule has 0 fully saturated rings. The number of benzene rings is 2. The van der Waals surface area contributed by atoms with E-state index in [4.69, 9.17) is 5.11 Å². The Morgan fingerprint density at radius 3 is 2.33 bits per heavy atom. The maximum Gasteiger partial charge on any atom is 0.335 e. The molecular formula is C16H13F2NO4S. The molecule has 0 aromatic heterocycles. The standard InChI is InChI=1S/C16H13F2NO4S/c17-11-6-12(18)8-13(7-11)19-24(22,23)15-5-10(16(20)21)4-9-2-1-3-14(9)15/h4-8,19H,1-3H2,(H,20,21). The Hall–Kier alpha value is -2.48. The van der Waals surface area contributed by atoms with Crippen molar-refractivity contribution in [3.8, 4) is 0 Å². The number of rotatable bonds is 4. The summed E-state index contributed by atoms with van der Waals surface area (Å²) in [7, 11) is -4.17. The van der Waals surface area contributed by atoms with Crippen LogP contribution in [0.4, 0.5) is 14.5 Å². The van der Waals surface area contributed by atoms with Crippen LogP contribution >= 0.6 is 0 Å². The van der Waals surface area contributed by atoms with E-state index in [1.807, 2.05) is 0 Å². The third-order valence-electron chi connectivity index (χ3n) is 3.83. The monoisotopic (exact) mass is 353 g/mol. The van der Waals surface area contributed by atoms with Crippen molar-refractivity contribution in [2.45, 2.75) is 24.2 Å². The summed E-state index contributed by atoms with van der Waals surface area (Å²) in [5, 5.41) is 9.15. The Morgan fingerprint density at radius 2 is 1.71 bits per heavy atom. The van der Waals surface area contributed by atoms with Gasteiger partial charge in [0.2, 0.25) is 0 Å². The van der Waals surface area contributed by atoms with Crippen LogP contribution in [0.2, 0.25) is 0 Å². The van der Waals surface area contributed by atoms with Crippen molar-refractivity contribution in [2.75, 3.05) is 4.72 Å². The fraction of sp³-hybridized carbons (Fsp3) is 0.188. The largest absolute Gasteiger partial charge is 0.478 e. The number of aromatic carboxylic acids is 1. The van der Waals surface area contributed by atoms with Crippen LogP contribution in [-0.2, 0) is 22.9 Å².